The van der Waals surface area contributed by atoms with Gasteiger partial charge in [0.2, 0.25) is 0 Å². The van der Waals surface area contributed by atoms with Crippen LogP contribution in [0.4, 0.5) is 5.69 Å². The molecule has 13 heavy (non-hydrogen) atoms. The summed E-state index contributed by atoms with van der Waals surface area (Å²) in [7, 11) is 0. The van der Waals surface area contributed by atoms with Gasteiger partial charge in [-0.1, -0.05) is 30.9 Å². The van der Waals surface area contributed by atoms with E-state index >= 15 is 0 Å². The molecule has 3 N–H and O–H groups in total. The van der Waals surface area contributed by atoms with Crippen LogP contribution in [0, 0.1) is 0 Å². The third-order valence-corrected chi connectivity index (χ3v) is 1.79. The van der Waals surface area contributed by atoms with Crippen LogP contribution in [0.3, 0.4) is 0 Å². The van der Waals surface area contributed by atoms with Crippen molar-refractivity contribution in [3.05, 3.63) is 35.9 Å². The zero-order valence-corrected chi connectivity index (χ0v) is 7.16. The number of para-hydroxylation sites is 1. The van der Waals surface area contributed by atoms with Gasteiger partial charge in [-0.15, -0.1) is 0 Å². The van der Waals surface area contributed by atoms with E-state index in [0.29, 0.717) is 11.3 Å². The first-order valence-electron chi connectivity index (χ1n) is 3.86. The van der Waals surface area contributed by atoms with E-state index in [1.807, 2.05) is 0 Å². The lowest BCUT2D eigenvalue weighted by Gasteiger charge is -2.05. The fourth-order valence-electron chi connectivity index (χ4n) is 1.13. The van der Waals surface area contributed by atoms with Crippen LogP contribution in [0.1, 0.15) is 11.1 Å². The zero-order valence-electron chi connectivity index (χ0n) is 7.16. The Hall–Kier alpha value is -1.77. The Bertz CT molecular complexity index is 345. The summed E-state index contributed by atoms with van der Waals surface area (Å²) in [6, 6.07) is 5.27. The first-order chi connectivity index (χ1) is 6.15. The van der Waals surface area contributed by atoms with Crippen LogP contribution in [-0.2, 0) is 11.2 Å². The van der Waals surface area contributed by atoms with E-state index in [0.717, 1.165) is 5.56 Å². The monoisotopic (exact) mass is 177 g/mol. The van der Waals surface area contributed by atoms with E-state index in [4.69, 9.17) is 10.8 Å². The van der Waals surface area contributed by atoms with Crippen LogP contribution in [-0.4, -0.2) is 11.1 Å². The van der Waals surface area contributed by atoms with Crippen LogP contribution >= 0.6 is 0 Å². The topological polar surface area (TPSA) is 63.3 Å². The standard InChI is InChI=1S/C10H11NO2/c1-2-7-4-3-5-8(10(7)11)6-9(12)13/h2-5H,1,6,11H2,(H,12,13). The average Bonchev–Trinajstić information content (AvgIpc) is 2.08. The van der Waals surface area contributed by atoms with E-state index in [1.54, 1.807) is 24.3 Å². The van der Waals surface area contributed by atoms with Crippen molar-refractivity contribution >= 4 is 17.7 Å². The van der Waals surface area contributed by atoms with Crippen LogP contribution in [0.2, 0.25) is 0 Å². The third-order valence-electron chi connectivity index (χ3n) is 1.79. The molecule has 0 saturated heterocycles. The Morgan fingerprint density at radius 3 is 2.85 bits per heavy atom. The molecule has 0 heterocycles. The van der Waals surface area contributed by atoms with Gasteiger partial charge in [0.25, 0.3) is 0 Å². The summed E-state index contributed by atoms with van der Waals surface area (Å²) in [5, 5.41) is 8.57. The van der Waals surface area contributed by atoms with Gasteiger partial charge in [-0.3, -0.25) is 4.79 Å². The molecule has 0 aliphatic rings. The molecular formula is C10H11NO2. The lowest BCUT2D eigenvalue weighted by Crippen LogP contribution is -2.04. The molecule has 0 aromatic heterocycles. The first kappa shape index (κ1) is 9.32. The number of carboxylic acids is 1. The van der Waals surface area contributed by atoms with Crippen molar-refractivity contribution in [3.8, 4) is 0 Å². The molecule has 0 aliphatic heterocycles. The Kier molecular flexibility index (Phi) is 2.69. The summed E-state index contributed by atoms with van der Waals surface area (Å²) in [5.41, 5.74) is 7.61. The highest BCUT2D eigenvalue weighted by Gasteiger charge is 2.05. The van der Waals surface area contributed by atoms with Gasteiger partial charge in [0.05, 0.1) is 6.42 Å². The number of nitrogens with two attached hydrogens (primary N) is 1. The maximum absolute atomic E-state index is 10.4. The lowest BCUT2D eigenvalue weighted by molar-refractivity contribution is -0.136. The molecule has 0 radical (unpaired) electrons. The minimum absolute atomic E-state index is 0.0481. The summed E-state index contributed by atoms with van der Waals surface area (Å²) >= 11 is 0. The Morgan fingerprint density at radius 2 is 2.31 bits per heavy atom. The minimum Gasteiger partial charge on any atom is -0.481 e. The van der Waals surface area contributed by atoms with E-state index in [2.05, 4.69) is 6.58 Å². The number of aliphatic carboxylic acids is 1. The molecular weight excluding hydrogens is 166 g/mol. The third kappa shape index (κ3) is 2.08. The minimum atomic E-state index is -0.882. The Labute approximate surface area is 76.5 Å². The van der Waals surface area contributed by atoms with Gasteiger partial charge in [-0.25, -0.2) is 0 Å². The van der Waals surface area contributed by atoms with Gasteiger partial charge in [-0.2, -0.15) is 0 Å². The van der Waals surface area contributed by atoms with Gasteiger partial charge in [-0.05, 0) is 11.1 Å². The Balaban J connectivity index is 3.07. The van der Waals surface area contributed by atoms with E-state index in [-0.39, 0.29) is 6.42 Å². The molecule has 1 aromatic carbocycles. The molecule has 0 atom stereocenters. The maximum Gasteiger partial charge on any atom is 0.307 e. The van der Waals surface area contributed by atoms with Gasteiger partial charge < -0.3 is 10.8 Å². The SMILES string of the molecule is C=Cc1cccc(CC(=O)O)c1N. The highest BCUT2D eigenvalue weighted by atomic mass is 16.4. The molecule has 0 saturated carbocycles. The summed E-state index contributed by atoms with van der Waals surface area (Å²) in [4.78, 5) is 10.4. The molecule has 0 bridgehead atoms. The number of anilines is 1. The number of benzene rings is 1. The molecule has 1 aromatic rings. The second kappa shape index (κ2) is 3.76. The highest BCUT2D eigenvalue weighted by molar-refractivity contribution is 5.76. The van der Waals surface area contributed by atoms with Crippen LogP contribution in [0.5, 0.6) is 0 Å². The second-order valence-electron chi connectivity index (χ2n) is 2.69. The maximum atomic E-state index is 10.4. The van der Waals surface area contributed by atoms with E-state index < -0.39 is 5.97 Å². The van der Waals surface area contributed by atoms with Crippen LogP contribution in [0.15, 0.2) is 24.8 Å². The number of rotatable bonds is 3. The first-order valence-corrected chi connectivity index (χ1v) is 3.86. The van der Waals surface area contributed by atoms with Crippen molar-refractivity contribution in [1.82, 2.24) is 0 Å². The van der Waals surface area contributed by atoms with Crippen molar-refractivity contribution in [1.29, 1.82) is 0 Å². The number of nitrogen functional groups attached to an aromatic ring is 1. The van der Waals surface area contributed by atoms with Gasteiger partial charge in [0.15, 0.2) is 0 Å². The fraction of sp³-hybridized carbons (Fsp3) is 0.100. The molecule has 0 fully saturated rings. The lowest BCUT2D eigenvalue weighted by atomic mass is 10.1. The zero-order chi connectivity index (χ0) is 9.84. The van der Waals surface area contributed by atoms with Crippen LogP contribution < -0.4 is 5.73 Å². The highest BCUT2D eigenvalue weighted by Crippen LogP contribution is 2.18. The average molecular weight is 177 g/mol. The summed E-state index contributed by atoms with van der Waals surface area (Å²) in [6.45, 7) is 3.58. The molecule has 3 nitrogen and oxygen atoms in total. The number of hydrogen-bond donors (Lipinski definition) is 2. The van der Waals surface area contributed by atoms with Crippen molar-refractivity contribution in [2.75, 3.05) is 5.73 Å². The number of carboxylic acid groups (broad SMARTS) is 1. The van der Waals surface area contributed by atoms with Gasteiger partial charge >= 0.3 is 5.97 Å². The quantitative estimate of drug-likeness (QED) is 0.688. The summed E-state index contributed by atoms with van der Waals surface area (Å²) in [6.07, 6.45) is 1.56. The molecule has 3 heteroatoms. The van der Waals surface area contributed by atoms with Crippen LogP contribution in [0.25, 0.3) is 6.08 Å². The number of hydrogen-bond acceptors (Lipinski definition) is 2. The molecule has 0 amide bonds. The molecule has 0 spiro atoms. The fourth-order valence-corrected chi connectivity index (χ4v) is 1.13. The van der Waals surface area contributed by atoms with Crippen molar-refractivity contribution < 1.29 is 9.90 Å². The smallest absolute Gasteiger partial charge is 0.307 e. The predicted molar refractivity (Wildman–Crippen MR) is 52.3 cm³/mol. The van der Waals surface area contributed by atoms with E-state index in [9.17, 15) is 4.79 Å². The van der Waals surface area contributed by atoms with Crippen molar-refractivity contribution in [3.63, 3.8) is 0 Å². The predicted octanol–water partition coefficient (Wildman–Crippen LogP) is 1.54. The van der Waals surface area contributed by atoms with Crippen molar-refractivity contribution in [2.45, 2.75) is 6.42 Å². The van der Waals surface area contributed by atoms with Gasteiger partial charge in [0.1, 0.15) is 0 Å². The second-order valence-corrected chi connectivity index (χ2v) is 2.69. The normalized spacial score (nSPS) is 9.54. The van der Waals surface area contributed by atoms with Crippen molar-refractivity contribution in [2.24, 2.45) is 0 Å². The summed E-state index contributed by atoms with van der Waals surface area (Å²) in [5.74, 6) is -0.882. The molecule has 1 rings (SSSR count). The molecule has 0 aliphatic carbocycles. The Morgan fingerprint density at radius 1 is 1.62 bits per heavy atom. The van der Waals surface area contributed by atoms with E-state index in [1.165, 1.54) is 0 Å². The summed E-state index contributed by atoms with van der Waals surface area (Å²) < 4.78 is 0. The largest absolute Gasteiger partial charge is 0.481 e. The molecule has 68 valence electrons. The number of carbonyl (C=O) groups is 1. The van der Waals surface area contributed by atoms with Gasteiger partial charge in [0, 0.05) is 5.69 Å². The molecule has 0 unspecified atom stereocenters.